The third kappa shape index (κ3) is 3.52. The Morgan fingerprint density at radius 3 is 2.81 bits per heavy atom. The zero-order valence-electron chi connectivity index (χ0n) is 17.2. The van der Waals surface area contributed by atoms with Gasteiger partial charge in [0, 0.05) is 23.2 Å². The Morgan fingerprint density at radius 2 is 2.00 bits per heavy atom. The van der Waals surface area contributed by atoms with Crippen molar-refractivity contribution in [2.75, 3.05) is 12.8 Å². The van der Waals surface area contributed by atoms with Gasteiger partial charge in [-0.1, -0.05) is 36.3 Å². The zero-order valence-corrected chi connectivity index (χ0v) is 17.2. The van der Waals surface area contributed by atoms with E-state index in [-0.39, 0.29) is 11.5 Å². The van der Waals surface area contributed by atoms with Gasteiger partial charge in [0.15, 0.2) is 0 Å². The van der Waals surface area contributed by atoms with Gasteiger partial charge in [-0.3, -0.25) is 4.79 Å². The number of methoxy groups -OCH3 is 1. The molecular weight excluding hydrogens is 394 g/mol. The number of aromatic nitrogens is 6. The number of nitrogens with two attached hydrogens (primary N) is 1. The summed E-state index contributed by atoms with van der Waals surface area (Å²) < 4.78 is 8.91. The standard InChI is InChI=1S/C22H23N7O2/c1-31-18-10-4-9-16-19(24-22(23)25-20(16)18)17-13-28(27-26-17)12-14-6-5-11-29(21(14)30)15-7-2-3-8-15/h4-6,9-11,13,15H,2-3,7-8,12H2,1H3,(H2,23,24,25). The van der Waals surface area contributed by atoms with Crippen LogP contribution in [0.1, 0.15) is 37.3 Å². The predicted octanol–water partition coefficient (Wildman–Crippen LogP) is 2.80. The lowest BCUT2D eigenvalue weighted by Crippen LogP contribution is -2.26. The minimum absolute atomic E-state index is 0.0351. The van der Waals surface area contributed by atoms with Crippen LogP contribution in [0.2, 0.25) is 0 Å². The lowest BCUT2D eigenvalue weighted by molar-refractivity contribution is 0.419. The Morgan fingerprint density at radius 1 is 1.16 bits per heavy atom. The van der Waals surface area contributed by atoms with E-state index in [1.165, 1.54) is 12.8 Å². The van der Waals surface area contributed by atoms with Gasteiger partial charge < -0.3 is 15.0 Å². The van der Waals surface area contributed by atoms with Crippen LogP contribution in [-0.4, -0.2) is 36.6 Å². The van der Waals surface area contributed by atoms with Crippen molar-refractivity contribution in [2.24, 2.45) is 0 Å². The van der Waals surface area contributed by atoms with Crippen LogP contribution in [0.3, 0.4) is 0 Å². The van der Waals surface area contributed by atoms with Crippen molar-refractivity contribution in [3.8, 4) is 17.1 Å². The highest BCUT2D eigenvalue weighted by Gasteiger charge is 2.19. The summed E-state index contributed by atoms with van der Waals surface area (Å²) in [6.45, 7) is 0.335. The first-order valence-corrected chi connectivity index (χ1v) is 10.3. The molecule has 3 heterocycles. The van der Waals surface area contributed by atoms with Crippen LogP contribution in [0.5, 0.6) is 5.75 Å². The minimum Gasteiger partial charge on any atom is -0.494 e. The molecular formula is C22H23N7O2. The average molecular weight is 417 g/mol. The molecule has 2 N–H and O–H groups in total. The smallest absolute Gasteiger partial charge is 0.255 e. The van der Waals surface area contributed by atoms with E-state index < -0.39 is 0 Å². The van der Waals surface area contributed by atoms with E-state index in [0.29, 0.717) is 40.8 Å². The summed E-state index contributed by atoms with van der Waals surface area (Å²) in [4.78, 5) is 21.7. The molecule has 1 aliphatic carbocycles. The van der Waals surface area contributed by atoms with Gasteiger partial charge >= 0.3 is 0 Å². The second kappa shape index (κ2) is 7.82. The lowest BCUT2D eigenvalue weighted by atomic mass is 10.1. The number of rotatable bonds is 5. The van der Waals surface area contributed by atoms with Crippen LogP contribution in [0.15, 0.2) is 47.5 Å². The van der Waals surface area contributed by atoms with Crippen molar-refractivity contribution >= 4 is 16.9 Å². The summed E-state index contributed by atoms with van der Waals surface area (Å²) in [5.41, 5.74) is 8.39. The molecule has 158 valence electrons. The van der Waals surface area contributed by atoms with E-state index >= 15 is 0 Å². The Hall–Kier alpha value is -3.75. The Kier molecular flexibility index (Phi) is 4.85. The number of anilines is 1. The largest absolute Gasteiger partial charge is 0.494 e. The highest BCUT2D eigenvalue weighted by Crippen LogP contribution is 2.31. The molecule has 31 heavy (non-hydrogen) atoms. The van der Waals surface area contributed by atoms with Gasteiger partial charge in [-0.2, -0.15) is 0 Å². The predicted molar refractivity (Wildman–Crippen MR) is 117 cm³/mol. The van der Waals surface area contributed by atoms with E-state index in [2.05, 4.69) is 20.3 Å². The van der Waals surface area contributed by atoms with Crippen molar-refractivity contribution in [1.29, 1.82) is 0 Å². The Balaban J connectivity index is 1.49. The van der Waals surface area contributed by atoms with Gasteiger partial charge in [0.2, 0.25) is 5.95 Å². The van der Waals surface area contributed by atoms with Crippen LogP contribution in [0, 0.1) is 0 Å². The van der Waals surface area contributed by atoms with Crippen molar-refractivity contribution in [3.63, 3.8) is 0 Å². The molecule has 0 bridgehead atoms. The molecule has 5 rings (SSSR count). The molecule has 9 nitrogen and oxygen atoms in total. The summed E-state index contributed by atoms with van der Waals surface area (Å²) in [5, 5.41) is 9.27. The summed E-state index contributed by atoms with van der Waals surface area (Å²) in [6.07, 6.45) is 8.12. The lowest BCUT2D eigenvalue weighted by Gasteiger charge is -2.14. The monoisotopic (exact) mass is 417 g/mol. The Labute approximate surface area is 178 Å². The van der Waals surface area contributed by atoms with Crippen molar-refractivity contribution < 1.29 is 4.74 Å². The maximum Gasteiger partial charge on any atom is 0.255 e. The maximum atomic E-state index is 13.0. The second-order valence-corrected chi connectivity index (χ2v) is 7.77. The van der Waals surface area contributed by atoms with Gasteiger partial charge in [0.05, 0.1) is 19.9 Å². The first-order valence-electron chi connectivity index (χ1n) is 10.3. The van der Waals surface area contributed by atoms with Crippen LogP contribution < -0.4 is 16.0 Å². The molecule has 0 aliphatic heterocycles. The molecule has 0 amide bonds. The minimum atomic E-state index is 0.0351. The average Bonchev–Trinajstić information content (AvgIpc) is 3.47. The third-order valence-corrected chi connectivity index (χ3v) is 5.81. The highest BCUT2D eigenvalue weighted by atomic mass is 16.5. The normalized spacial score (nSPS) is 14.4. The quantitative estimate of drug-likeness (QED) is 0.531. The fourth-order valence-electron chi connectivity index (χ4n) is 4.31. The van der Waals surface area contributed by atoms with Crippen molar-refractivity contribution in [1.82, 2.24) is 29.5 Å². The number of nitrogen functional groups attached to an aromatic ring is 1. The number of benzene rings is 1. The van der Waals surface area contributed by atoms with Crippen LogP contribution in [-0.2, 0) is 6.54 Å². The molecule has 3 aromatic heterocycles. The topological polar surface area (TPSA) is 114 Å². The van der Waals surface area contributed by atoms with E-state index in [9.17, 15) is 4.79 Å². The van der Waals surface area contributed by atoms with Crippen LogP contribution in [0.4, 0.5) is 5.95 Å². The first-order chi connectivity index (χ1) is 15.1. The molecule has 9 heteroatoms. The highest BCUT2D eigenvalue weighted by molar-refractivity contribution is 5.95. The van der Waals surface area contributed by atoms with E-state index in [1.54, 1.807) is 18.0 Å². The van der Waals surface area contributed by atoms with E-state index in [4.69, 9.17) is 10.5 Å². The van der Waals surface area contributed by atoms with Gasteiger partial charge in [-0.05, 0) is 25.0 Å². The summed E-state index contributed by atoms with van der Waals surface area (Å²) in [6, 6.07) is 9.65. The molecule has 1 aromatic carbocycles. The summed E-state index contributed by atoms with van der Waals surface area (Å²) in [7, 11) is 1.58. The van der Waals surface area contributed by atoms with Crippen molar-refractivity contribution in [2.45, 2.75) is 38.3 Å². The number of pyridine rings is 1. The number of hydrogen-bond donors (Lipinski definition) is 1. The zero-order chi connectivity index (χ0) is 21.4. The molecule has 1 saturated carbocycles. The SMILES string of the molecule is COc1cccc2c(-c3cn(Cc4cccn(C5CCCC5)c4=O)nn3)nc(N)nc12. The van der Waals surface area contributed by atoms with Crippen LogP contribution >= 0.6 is 0 Å². The van der Waals surface area contributed by atoms with Gasteiger partial charge in [-0.15, -0.1) is 5.10 Å². The van der Waals surface area contributed by atoms with E-state index in [1.807, 2.05) is 41.1 Å². The second-order valence-electron chi connectivity index (χ2n) is 7.77. The number of ether oxygens (including phenoxy) is 1. The molecule has 0 atom stereocenters. The molecule has 0 unspecified atom stereocenters. The number of nitrogens with zero attached hydrogens (tertiary/aromatic N) is 6. The van der Waals surface area contributed by atoms with E-state index in [0.717, 1.165) is 18.2 Å². The molecule has 1 aliphatic rings. The number of hydrogen-bond acceptors (Lipinski definition) is 7. The fraction of sp³-hybridized carbons (Fsp3) is 0.318. The molecule has 0 radical (unpaired) electrons. The summed E-state index contributed by atoms with van der Waals surface area (Å²) in [5.74, 6) is 0.737. The third-order valence-electron chi connectivity index (χ3n) is 5.81. The van der Waals surface area contributed by atoms with Gasteiger partial charge in [0.1, 0.15) is 22.7 Å². The van der Waals surface area contributed by atoms with Crippen molar-refractivity contribution in [3.05, 3.63) is 58.6 Å². The summed E-state index contributed by atoms with van der Waals surface area (Å²) >= 11 is 0. The van der Waals surface area contributed by atoms with Gasteiger partial charge in [0.25, 0.3) is 5.56 Å². The molecule has 0 spiro atoms. The fourth-order valence-corrected chi connectivity index (χ4v) is 4.31. The molecule has 0 saturated heterocycles. The molecule has 1 fully saturated rings. The Bertz CT molecular complexity index is 1300. The first kappa shape index (κ1) is 19.2. The van der Waals surface area contributed by atoms with Crippen LogP contribution in [0.25, 0.3) is 22.3 Å². The maximum absolute atomic E-state index is 13.0. The van der Waals surface area contributed by atoms with Gasteiger partial charge in [-0.25, -0.2) is 14.6 Å². The molecule has 4 aromatic rings. The number of para-hydroxylation sites is 1. The number of fused-ring (bicyclic) bond motifs is 1.